The van der Waals surface area contributed by atoms with Gasteiger partial charge in [0.05, 0.1) is 9.90 Å². The number of Topliss-reactive ketones (excluding diaryl/α,β-unsaturated/α-hetero) is 1. The normalized spacial score (nSPS) is 12.1. The van der Waals surface area contributed by atoms with Crippen LogP contribution in [0.3, 0.4) is 0 Å². The van der Waals surface area contributed by atoms with E-state index in [1.165, 1.54) is 6.07 Å². The molecule has 0 atom stereocenters. The van der Waals surface area contributed by atoms with Crippen molar-refractivity contribution >= 4 is 28.7 Å². The Morgan fingerprint density at radius 3 is 2.65 bits per heavy atom. The highest BCUT2D eigenvalue weighted by atomic mass is 35.5. The Bertz CT molecular complexity index is 394. The van der Waals surface area contributed by atoms with E-state index in [2.05, 4.69) is 4.74 Å². The van der Waals surface area contributed by atoms with E-state index in [0.29, 0.717) is 0 Å². The molecule has 0 aliphatic heterocycles. The number of halogens is 5. The maximum atomic E-state index is 12.4. The van der Waals surface area contributed by atoms with Crippen molar-refractivity contribution in [3.8, 4) is 0 Å². The molecular formula is C9H7ClF4O2S. The highest BCUT2D eigenvalue weighted by Gasteiger charge is 2.41. The predicted molar refractivity (Wildman–Crippen MR) is 55.4 cm³/mol. The van der Waals surface area contributed by atoms with Gasteiger partial charge in [-0.15, -0.1) is 11.3 Å². The van der Waals surface area contributed by atoms with Crippen LogP contribution in [0.4, 0.5) is 17.6 Å². The zero-order chi connectivity index (χ0) is 13.1. The summed E-state index contributed by atoms with van der Waals surface area (Å²) in [6.45, 7) is -2.21. The van der Waals surface area contributed by atoms with E-state index in [1.807, 2.05) is 0 Å². The Kier molecular flexibility index (Phi) is 4.91. The van der Waals surface area contributed by atoms with E-state index in [-0.39, 0.29) is 9.90 Å². The number of carbonyl (C=O) groups excluding carboxylic acids is 1. The molecule has 17 heavy (non-hydrogen) atoms. The van der Waals surface area contributed by atoms with Gasteiger partial charge in [0, 0.05) is 0 Å². The predicted octanol–water partition coefficient (Wildman–Crippen LogP) is 3.50. The largest absolute Gasteiger partial charge is 0.367 e. The zero-order valence-corrected chi connectivity index (χ0v) is 9.83. The lowest BCUT2D eigenvalue weighted by Gasteiger charge is -2.14. The minimum absolute atomic E-state index is 0.159. The summed E-state index contributed by atoms with van der Waals surface area (Å²) in [5.74, 6) is -4.87. The highest BCUT2D eigenvalue weighted by Crippen LogP contribution is 2.24. The quantitative estimate of drug-likeness (QED) is 0.592. The molecule has 0 unspecified atom stereocenters. The van der Waals surface area contributed by atoms with Crippen molar-refractivity contribution in [3.63, 3.8) is 0 Å². The van der Waals surface area contributed by atoms with E-state index in [9.17, 15) is 22.4 Å². The molecule has 1 aromatic heterocycles. The molecule has 96 valence electrons. The smallest absolute Gasteiger partial charge is 0.330 e. The molecule has 0 saturated heterocycles. The van der Waals surface area contributed by atoms with Gasteiger partial charge >= 0.3 is 12.3 Å². The van der Waals surface area contributed by atoms with Gasteiger partial charge in [-0.25, -0.2) is 8.78 Å². The van der Waals surface area contributed by atoms with Gasteiger partial charge in [0.25, 0.3) is 0 Å². The number of alkyl halides is 4. The molecule has 0 aliphatic rings. The molecule has 0 fully saturated rings. The fourth-order valence-electron chi connectivity index (χ4n) is 0.901. The van der Waals surface area contributed by atoms with E-state index < -0.39 is 31.3 Å². The summed E-state index contributed by atoms with van der Waals surface area (Å²) in [6.07, 6.45) is -3.82. The van der Waals surface area contributed by atoms with Crippen LogP contribution in [-0.4, -0.2) is 31.3 Å². The lowest BCUT2D eigenvalue weighted by molar-refractivity contribution is -0.163. The van der Waals surface area contributed by atoms with E-state index in [4.69, 9.17) is 11.6 Å². The number of thiophene rings is 1. The molecule has 2 nitrogen and oxygen atoms in total. The SMILES string of the molecule is O=C(COCC(F)(F)C(F)F)c1sccc1Cl. The Labute approximate surface area is 103 Å². The molecule has 1 aromatic rings. The second-order valence-electron chi connectivity index (χ2n) is 3.08. The number of carbonyl (C=O) groups is 1. The van der Waals surface area contributed by atoms with Crippen LogP contribution < -0.4 is 0 Å². The van der Waals surface area contributed by atoms with Crippen LogP contribution >= 0.6 is 22.9 Å². The average molecular weight is 291 g/mol. The van der Waals surface area contributed by atoms with Crippen molar-refractivity contribution in [1.82, 2.24) is 0 Å². The first-order chi connectivity index (χ1) is 7.84. The van der Waals surface area contributed by atoms with Gasteiger partial charge in [-0.2, -0.15) is 8.78 Å². The van der Waals surface area contributed by atoms with Crippen LogP contribution in [0.2, 0.25) is 5.02 Å². The van der Waals surface area contributed by atoms with Gasteiger partial charge in [-0.1, -0.05) is 11.6 Å². The van der Waals surface area contributed by atoms with E-state index >= 15 is 0 Å². The average Bonchev–Trinajstić information content (AvgIpc) is 2.63. The second-order valence-corrected chi connectivity index (χ2v) is 4.40. The Morgan fingerprint density at radius 2 is 2.18 bits per heavy atom. The van der Waals surface area contributed by atoms with Gasteiger partial charge in [-0.3, -0.25) is 4.79 Å². The van der Waals surface area contributed by atoms with Crippen LogP contribution in [-0.2, 0) is 4.74 Å². The van der Waals surface area contributed by atoms with Crippen molar-refractivity contribution in [1.29, 1.82) is 0 Å². The first-order valence-electron chi connectivity index (χ1n) is 4.34. The van der Waals surface area contributed by atoms with E-state index in [1.54, 1.807) is 5.38 Å². The molecule has 0 radical (unpaired) electrons. The third-order valence-corrected chi connectivity index (χ3v) is 3.10. The van der Waals surface area contributed by atoms with Crippen molar-refractivity contribution < 1.29 is 27.1 Å². The molecule has 0 N–H and O–H groups in total. The maximum absolute atomic E-state index is 12.4. The molecular weight excluding hydrogens is 284 g/mol. The fourth-order valence-corrected chi connectivity index (χ4v) is 1.99. The monoisotopic (exact) mass is 290 g/mol. The molecule has 0 aromatic carbocycles. The van der Waals surface area contributed by atoms with Crippen molar-refractivity contribution in [3.05, 3.63) is 21.3 Å². The summed E-state index contributed by atoms with van der Waals surface area (Å²) in [5.41, 5.74) is 0. The van der Waals surface area contributed by atoms with Crippen molar-refractivity contribution in [2.45, 2.75) is 12.3 Å². The lowest BCUT2D eigenvalue weighted by atomic mass is 10.3. The Morgan fingerprint density at radius 1 is 1.53 bits per heavy atom. The number of ketones is 1. The molecule has 1 heterocycles. The first-order valence-corrected chi connectivity index (χ1v) is 5.60. The van der Waals surface area contributed by atoms with Crippen LogP contribution in [0, 0.1) is 0 Å². The minimum Gasteiger partial charge on any atom is -0.367 e. The van der Waals surface area contributed by atoms with Crippen LogP contribution in [0.1, 0.15) is 9.67 Å². The molecule has 8 heteroatoms. The third kappa shape index (κ3) is 3.93. The summed E-state index contributed by atoms with van der Waals surface area (Å²) in [7, 11) is 0. The molecule has 1 rings (SSSR count). The van der Waals surface area contributed by atoms with Gasteiger partial charge < -0.3 is 4.74 Å². The molecule has 0 bridgehead atoms. The Hall–Kier alpha value is -0.660. The summed E-state index contributed by atoms with van der Waals surface area (Å²) in [5, 5.41) is 1.73. The van der Waals surface area contributed by atoms with Gasteiger partial charge in [0.2, 0.25) is 0 Å². The Balaban J connectivity index is 2.43. The maximum Gasteiger partial charge on any atom is 0.330 e. The van der Waals surface area contributed by atoms with Crippen LogP contribution in [0.25, 0.3) is 0 Å². The van der Waals surface area contributed by atoms with Gasteiger partial charge in [0.15, 0.2) is 5.78 Å². The van der Waals surface area contributed by atoms with Crippen molar-refractivity contribution in [2.24, 2.45) is 0 Å². The zero-order valence-electron chi connectivity index (χ0n) is 8.26. The summed E-state index contributed by atoms with van der Waals surface area (Å²) in [4.78, 5) is 11.5. The number of hydrogen-bond donors (Lipinski definition) is 0. The van der Waals surface area contributed by atoms with Gasteiger partial charge in [-0.05, 0) is 11.4 Å². The van der Waals surface area contributed by atoms with Gasteiger partial charge in [0.1, 0.15) is 13.2 Å². The van der Waals surface area contributed by atoms with E-state index in [0.717, 1.165) is 11.3 Å². The summed E-state index contributed by atoms with van der Waals surface area (Å²) >= 11 is 6.64. The number of hydrogen-bond acceptors (Lipinski definition) is 3. The summed E-state index contributed by atoms with van der Waals surface area (Å²) < 4.78 is 52.6. The van der Waals surface area contributed by atoms with Crippen LogP contribution in [0.5, 0.6) is 0 Å². The van der Waals surface area contributed by atoms with Crippen LogP contribution in [0.15, 0.2) is 11.4 Å². The molecule has 0 amide bonds. The standard InChI is InChI=1S/C9H7ClF4O2S/c10-5-1-2-17-7(5)6(15)3-16-4-9(13,14)8(11)12/h1-2,8H,3-4H2. The fraction of sp³-hybridized carbons (Fsp3) is 0.444. The topological polar surface area (TPSA) is 26.3 Å². The number of ether oxygens (including phenoxy) is 1. The third-order valence-electron chi connectivity index (χ3n) is 1.72. The molecule has 0 spiro atoms. The minimum atomic E-state index is -4.25. The summed E-state index contributed by atoms with van der Waals surface area (Å²) in [6, 6.07) is 1.47. The molecule has 0 aliphatic carbocycles. The second kappa shape index (κ2) is 5.79. The lowest BCUT2D eigenvalue weighted by Crippen LogP contribution is -2.33. The van der Waals surface area contributed by atoms with Crippen molar-refractivity contribution in [2.75, 3.05) is 13.2 Å². The molecule has 0 saturated carbocycles. The first kappa shape index (κ1) is 14.4. The highest BCUT2D eigenvalue weighted by molar-refractivity contribution is 7.12. The number of rotatable bonds is 6.